The summed E-state index contributed by atoms with van der Waals surface area (Å²) in [6.45, 7) is 15.6. The predicted octanol–water partition coefficient (Wildman–Crippen LogP) is 5.80. The molecule has 2 unspecified atom stereocenters. The van der Waals surface area contributed by atoms with E-state index in [9.17, 15) is 20.0 Å². The first-order valence-electron chi connectivity index (χ1n) is 14.6. The van der Waals surface area contributed by atoms with E-state index in [4.69, 9.17) is 4.74 Å². The Hall–Kier alpha value is -1.51. The molecule has 202 valence electrons. The van der Waals surface area contributed by atoms with Crippen LogP contribution in [0.3, 0.4) is 0 Å². The number of nitriles is 1. The summed E-state index contributed by atoms with van der Waals surface area (Å²) in [7, 11) is 0. The van der Waals surface area contributed by atoms with Crippen molar-refractivity contribution in [2.24, 2.45) is 50.2 Å². The Kier molecular flexibility index (Phi) is 4.98. The number of aliphatic hydroxyl groups excluding tert-OH is 1. The molecule has 5 fully saturated rings. The number of nitrogens with zero attached hydrogens (tertiary/aromatic N) is 1. The summed E-state index contributed by atoms with van der Waals surface area (Å²) in [6.07, 6.45) is 8.98. The number of rotatable bonds is 1. The average Bonchev–Trinajstić information content (AvgIpc) is 3.04. The SMILES string of the molecule is CC1(C)CC[C@@]23CC[C@]4(C)[C@](OC2CO)(C(=O)C[C@@H]2[C@@]5(C)C=C(C#N)C(=O)C(C)(C)[C@@H]5CC[C@]24C)C3C1. The number of hydrogen-bond donors (Lipinski definition) is 1. The smallest absolute Gasteiger partial charge is 0.178 e. The summed E-state index contributed by atoms with van der Waals surface area (Å²) < 4.78 is 7.03. The molecule has 6 rings (SSSR count). The van der Waals surface area contributed by atoms with Gasteiger partial charge in [-0.05, 0) is 73.0 Å². The van der Waals surface area contributed by atoms with E-state index in [1.165, 1.54) is 0 Å². The summed E-state index contributed by atoms with van der Waals surface area (Å²) in [4.78, 5) is 28.0. The zero-order chi connectivity index (χ0) is 27.0. The molecule has 6 aliphatic rings. The molecule has 4 saturated carbocycles. The fraction of sp³-hybridized carbons (Fsp3) is 0.844. The summed E-state index contributed by atoms with van der Waals surface area (Å²) in [5, 5.41) is 20.5. The van der Waals surface area contributed by atoms with Gasteiger partial charge in [-0.2, -0.15) is 5.26 Å². The number of Topliss-reactive ketones (excluding diaryl/α,β-unsaturated/α-hetero) is 2. The molecule has 5 heteroatoms. The molecule has 9 atom stereocenters. The number of ketones is 2. The maximum absolute atomic E-state index is 14.8. The van der Waals surface area contributed by atoms with Crippen LogP contribution in [0.15, 0.2) is 11.6 Å². The van der Waals surface area contributed by atoms with Crippen LogP contribution in [-0.2, 0) is 14.3 Å². The maximum Gasteiger partial charge on any atom is 0.178 e. The van der Waals surface area contributed by atoms with Gasteiger partial charge in [-0.15, -0.1) is 0 Å². The van der Waals surface area contributed by atoms with E-state index in [0.717, 1.165) is 44.9 Å². The highest BCUT2D eigenvalue weighted by Gasteiger charge is 2.82. The van der Waals surface area contributed by atoms with Crippen LogP contribution in [0.1, 0.15) is 99.8 Å². The van der Waals surface area contributed by atoms with Crippen LogP contribution in [0.2, 0.25) is 0 Å². The Morgan fingerprint density at radius 2 is 1.65 bits per heavy atom. The van der Waals surface area contributed by atoms with Crippen LogP contribution in [0.5, 0.6) is 0 Å². The second-order valence-corrected chi connectivity index (χ2v) is 15.8. The second kappa shape index (κ2) is 7.16. The quantitative estimate of drug-likeness (QED) is 0.485. The van der Waals surface area contributed by atoms with Gasteiger partial charge in [0.25, 0.3) is 0 Å². The number of carbonyl (C=O) groups excluding carboxylic acids is 2. The molecule has 0 aromatic carbocycles. The van der Waals surface area contributed by atoms with E-state index in [-0.39, 0.29) is 69.3 Å². The molecule has 2 bridgehead atoms. The molecule has 5 nitrogen and oxygen atoms in total. The molecule has 1 saturated heterocycles. The minimum Gasteiger partial charge on any atom is -0.394 e. The molecular formula is C32H45NO4. The van der Waals surface area contributed by atoms with Crippen molar-refractivity contribution >= 4 is 11.6 Å². The topological polar surface area (TPSA) is 87.4 Å². The van der Waals surface area contributed by atoms with Gasteiger partial charge in [0.15, 0.2) is 11.6 Å². The summed E-state index contributed by atoms with van der Waals surface area (Å²) in [6, 6.07) is 2.21. The molecule has 0 amide bonds. The minimum atomic E-state index is -0.868. The van der Waals surface area contributed by atoms with E-state index >= 15 is 0 Å². The standard InChI is InChI=1S/C32H45NO4/c1-26(2)10-12-31-13-11-30(7)29(6)9-8-20-27(3,4)25(36)19(17-33)15-28(20,5)21(29)14-23(35)32(30,22(31)16-26)37-24(31)18-34/h15,20-22,24,34H,8-14,16,18H2,1-7H3/t20-,21+,22?,24?,28-,29+,30-,31-,32+/m0/s1. The Morgan fingerprint density at radius 1 is 0.973 bits per heavy atom. The number of ether oxygens (including phenoxy) is 1. The molecular weight excluding hydrogens is 462 g/mol. The lowest BCUT2D eigenvalue weighted by atomic mass is 9.31. The first-order chi connectivity index (χ1) is 17.1. The van der Waals surface area contributed by atoms with Gasteiger partial charge in [0.05, 0.1) is 18.3 Å². The van der Waals surface area contributed by atoms with E-state index in [1.54, 1.807) is 0 Å². The van der Waals surface area contributed by atoms with E-state index in [1.807, 2.05) is 19.9 Å². The lowest BCUT2D eigenvalue weighted by Crippen LogP contribution is -2.74. The zero-order valence-corrected chi connectivity index (χ0v) is 23.9. The van der Waals surface area contributed by atoms with Gasteiger partial charge in [0, 0.05) is 28.6 Å². The number of fused-ring (bicyclic) bond motifs is 4. The molecule has 37 heavy (non-hydrogen) atoms. The summed E-state index contributed by atoms with van der Waals surface area (Å²) in [5.41, 5.74) is -2.17. The lowest BCUT2D eigenvalue weighted by molar-refractivity contribution is -0.257. The van der Waals surface area contributed by atoms with Gasteiger partial charge in [-0.1, -0.05) is 54.5 Å². The Bertz CT molecular complexity index is 1160. The average molecular weight is 508 g/mol. The van der Waals surface area contributed by atoms with Crippen LogP contribution >= 0.6 is 0 Å². The highest BCUT2D eigenvalue weighted by atomic mass is 16.5. The minimum absolute atomic E-state index is 0.0213. The van der Waals surface area contributed by atoms with Crippen molar-refractivity contribution < 1.29 is 19.4 Å². The van der Waals surface area contributed by atoms with Crippen LogP contribution in [-0.4, -0.2) is 35.0 Å². The van der Waals surface area contributed by atoms with E-state index in [2.05, 4.69) is 40.7 Å². The number of carbonyl (C=O) groups is 2. The van der Waals surface area contributed by atoms with Gasteiger partial charge in [0.1, 0.15) is 11.7 Å². The lowest BCUT2D eigenvalue weighted by Gasteiger charge is -2.72. The van der Waals surface area contributed by atoms with Crippen LogP contribution < -0.4 is 0 Å². The van der Waals surface area contributed by atoms with Crippen molar-refractivity contribution in [1.29, 1.82) is 5.26 Å². The monoisotopic (exact) mass is 507 g/mol. The van der Waals surface area contributed by atoms with Gasteiger partial charge in [0.2, 0.25) is 0 Å². The predicted molar refractivity (Wildman–Crippen MR) is 140 cm³/mol. The second-order valence-electron chi connectivity index (χ2n) is 15.8. The van der Waals surface area contributed by atoms with Gasteiger partial charge in [-0.3, -0.25) is 9.59 Å². The van der Waals surface area contributed by atoms with Crippen molar-refractivity contribution in [3.63, 3.8) is 0 Å². The molecule has 1 aliphatic heterocycles. The number of hydrogen-bond acceptors (Lipinski definition) is 5. The fourth-order valence-electron chi connectivity index (χ4n) is 11.7. The third-order valence-electron chi connectivity index (χ3n) is 13.8. The number of allylic oxidation sites excluding steroid dienone is 2. The van der Waals surface area contributed by atoms with E-state index < -0.39 is 16.4 Å². The molecule has 0 aromatic heterocycles. The fourth-order valence-corrected chi connectivity index (χ4v) is 11.7. The molecule has 0 radical (unpaired) electrons. The molecule has 1 heterocycles. The highest BCUT2D eigenvalue weighted by Crippen LogP contribution is 2.80. The first-order valence-corrected chi connectivity index (χ1v) is 14.6. The van der Waals surface area contributed by atoms with Crippen molar-refractivity contribution in [3.05, 3.63) is 11.6 Å². The Balaban J connectivity index is 1.54. The third-order valence-corrected chi connectivity index (χ3v) is 13.8. The number of aliphatic hydroxyl groups is 1. The summed E-state index contributed by atoms with van der Waals surface area (Å²) >= 11 is 0. The van der Waals surface area contributed by atoms with E-state index in [0.29, 0.717) is 6.42 Å². The van der Waals surface area contributed by atoms with Crippen LogP contribution in [0.25, 0.3) is 0 Å². The third kappa shape index (κ3) is 2.64. The normalized spacial score (nSPS) is 53.2. The van der Waals surface area contributed by atoms with Crippen molar-refractivity contribution in [3.8, 4) is 6.07 Å². The zero-order valence-electron chi connectivity index (χ0n) is 23.9. The van der Waals surface area contributed by atoms with Crippen LogP contribution in [0, 0.1) is 61.6 Å². The largest absolute Gasteiger partial charge is 0.394 e. The van der Waals surface area contributed by atoms with Gasteiger partial charge >= 0.3 is 0 Å². The molecule has 1 spiro atoms. The maximum atomic E-state index is 14.8. The highest BCUT2D eigenvalue weighted by molar-refractivity contribution is 6.04. The molecule has 0 aromatic rings. The molecule has 5 aliphatic carbocycles. The molecule has 1 N–H and O–H groups in total. The Labute approximate surface area is 222 Å². The van der Waals surface area contributed by atoms with Crippen LogP contribution in [0.4, 0.5) is 0 Å². The van der Waals surface area contributed by atoms with Crippen molar-refractivity contribution in [1.82, 2.24) is 0 Å². The van der Waals surface area contributed by atoms with Crippen molar-refractivity contribution in [2.45, 2.75) is 112 Å². The summed E-state index contributed by atoms with van der Waals surface area (Å²) in [5.74, 6) is 0.425. The van der Waals surface area contributed by atoms with Crippen molar-refractivity contribution in [2.75, 3.05) is 6.61 Å². The van der Waals surface area contributed by atoms with Gasteiger partial charge < -0.3 is 9.84 Å². The van der Waals surface area contributed by atoms with Gasteiger partial charge in [-0.25, -0.2) is 0 Å². The Morgan fingerprint density at radius 3 is 2.30 bits per heavy atom. The first kappa shape index (κ1) is 25.8.